The fourth-order valence-electron chi connectivity index (χ4n) is 3.53. The van der Waals surface area contributed by atoms with Crippen LogP contribution in [0.15, 0.2) is 28.9 Å². The van der Waals surface area contributed by atoms with Crippen LogP contribution in [-0.2, 0) is 11.3 Å². The van der Waals surface area contributed by atoms with E-state index in [4.69, 9.17) is 4.52 Å². The smallest absolute Gasteiger partial charge is 0.307 e. The minimum absolute atomic E-state index is 0.0738. The molecule has 0 saturated carbocycles. The first kappa shape index (κ1) is 18.6. The molecule has 3 heterocycles. The number of aromatic nitrogens is 2. The third kappa shape index (κ3) is 4.30. The Labute approximate surface area is 154 Å². The number of carboxylic acid groups (broad SMARTS) is 1. The Morgan fingerprint density at radius 1 is 1.31 bits per heavy atom. The van der Waals surface area contributed by atoms with E-state index in [1.165, 1.54) is 0 Å². The van der Waals surface area contributed by atoms with Crippen molar-refractivity contribution in [3.05, 3.63) is 35.7 Å². The molecule has 1 saturated heterocycles. The van der Waals surface area contributed by atoms with E-state index in [9.17, 15) is 9.90 Å². The van der Waals surface area contributed by atoms with Crippen LogP contribution in [-0.4, -0.2) is 39.2 Å². The molecule has 3 rings (SSSR count). The Morgan fingerprint density at radius 3 is 2.73 bits per heavy atom. The Bertz CT molecular complexity index is 779. The summed E-state index contributed by atoms with van der Waals surface area (Å²) >= 11 is 0. The summed E-state index contributed by atoms with van der Waals surface area (Å²) in [6.07, 6.45) is 2.49. The molecule has 1 fully saturated rings. The highest BCUT2D eigenvalue weighted by Crippen LogP contribution is 2.36. The maximum Gasteiger partial charge on any atom is 0.307 e. The lowest BCUT2D eigenvalue weighted by Gasteiger charge is -2.41. The number of aryl methyl sites for hydroxylation is 1. The SMILES string of the molecule is Cc1ccnc(-c2cc(CN3C[C@H](C(=O)O)C[C@@H](C(C)(C)C)C3)on2)c1. The van der Waals surface area contributed by atoms with E-state index in [0.29, 0.717) is 24.7 Å². The lowest BCUT2D eigenvalue weighted by atomic mass is 9.73. The van der Waals surface area contributed by atoms with Crippen LogP contribution in [0.3, 0.4) is 0 Å². The number of hydrogen-bond donors (Lipinski definition) is 1. The highest BCUT2D eigenvalue weighted by atomic mass is 16.5. The minimum Gasteiger partial charge on any atom is -0.481 e. The molecule has 0 aliphatic carbocycles. The number of hydrogen-bond acceptors (Lipinski definition) is 5. The average Bonchev–Trinajstić information content (AvgIpc) is 3.02. The Kier molecular flexibility index (Phi) is 5.14. The van der Waals surface area contributed by atoms with Gasteiger partial charge in [-0.05, 0) is 42.4 Å². The fourth-order valence-corrected chi connectivity index (χ4v) is 3.53. The molecular weight excluding hydrogens is 330 g/mol. The van der Waals surface area contributed by atoms with E-state index in [1.807, 2.05) is 25.1 Å². The van der Waals surface area contributed by atoms with Crippen molar-refractivity contribution in [3.8, 4) is 11.4 Å². The van der Waals surface area contributed by atoms with E-state index in [-0.39, 0.29) is 11.3 Å². The molecule has 6 heteroatoms. The summed E-state index contributed by atoms with van der Waals surface area (Å²) in [5.41, 5.74) is 2.69. The van der Waals surface area contributed by atoms with Crippen molar-refractivity contribution < 1.29 is 14.4 Å². The number of carboxylic acids is 1. The van der Waals surface area contributed by atoms with E-state index in [2.05, 4.69) is 35.8 Å². The van der Waals surface area contributed by atoms with Gasteiger partial charge in [-0.15, -0.1) is 0 Å². The normalized spacial score (nSPS) is 21.7. The van der Waals surface area contributed by atoms with Gasteiger partial charge in [0.05, 0.1) is 18.2 Å². The molecule has 6 nitrogen and oxygen atoms in total. The predicted octanol–water partition coefficient (Wildman–Crippen LogP) is 3.61. The predicted molar refractivity (Wildman–Crippen MR) is 98.4 cm³/mol. The highest BCUT2D eigenvalue weighted by Gasteiger charge is 2.37. The van der Waals surface area contributed by atoms with Crippen molar-refractivity contribution in [2.75, 3.05) is 13.1 Å². The van der Waals surface area contributed by atoms with Crippen LogP contribution in [0.25, 0.3) is 11.4 Å². The van der Waals surface area contributed by atoms with Crippen LogP contribution < -0.4 is 0 Å². The summed E-state index contributed by atoms with van der Waals surface area (Å²) in [6, 6.07) is 5.81. The summed E-state index contributed by atoms with van der Waals surface area (Å²) in [4.78, 5) is 18.1. The van der Waals surface area contributed by atoms with Gasteiger partial charge in [-0.1, -0.05) is 25.9 Å². The molecule has 1 aliphatic heterocycles. The number of piperidine rings is 1. The van der Waals surface area contributed by atoms with Crippen molar-refractivity contribution >= 4 is 5.97 Å². The van der Waals surface area contributed by atoms with Gasteiger partial charge in [-0.25, -0.2) is 0 Å². The molecule has 0 radical (unpaired) electrons. The average molecular weight is 357 g/mol. The summed E-state index contributed by atoms with van der Waals surface area (Å²) < 4.78 is 5.50. The molecule has 0 spiro atoms. The standard InChI is InChI=1S/C20H27N3O3/c1-13-5-6-21-17(7-13)18-9-16(26-22-18)12-23-10-14(19(24)25)8-15(11-23)20(2,3)4/h5-7,9,14-15H,8,10-12H2,1-4H3,(H,24,25)/t14-,15-/m1/s1. The first-order chi connectivity index (χ1) is 12.2. The first-order valence-electron chi connectivity index (χ1n) is 9.06. The molecule has 0 bridgehead atoms. The van der Waals surface area contributed by atoms with Gasteiger partial charge in [0.25, 0.3) is 0 Å². The Hall–Kier alpha value is -2.21. The summed E-state index contributed by atoms with van der Waals surface area (Å²) in [7, 11) is 0. The quantitative estimate of drug-likeness (QED) is 0.900. The van der Waals surface area contributed by atoms with Gasteiger partial charge in [0.2, 0.25) is 0 Å². The van der Waals surface area contributed by atoms with Gasteiger partial charge < -0.3 is 9.63 Å². The van der Waals surface area contributed by atoms with Crippen LogP contribution in [0, 0.1) is 24.2 Å². The summed E-state index contributed by atoms with van der Waals surface area (Å²) in [6.45, 7) is 10.5. The van der Waals surface area contributed by atoms with E-state index in [0.717, 1.165) is 30.0 Å². The van der Waals surface area contributed by atoms with Crippen molar-refractivity contribution in [1.29, 1.82) is 0 Å². The van der Waals surface area contributed by atoms with Crippen molar-refractivity contribution in [2.45, 2.75) is 40.7 Å². The Balaban J connectivity index is 1.74. The lowest BCUT2D eigenvalue weighted by molar-refractivity contribution is -0.145. The topological polar surface area (TPSA) is 79.5 Å². The third-order valence-electron chi connectivity index (χ3n) is 5.22. The number of likely N-dealkylation sites (tertiary alicyclic amines) is 1. The second-order valence-corrected chi connectivity index (χ2v) is 8.42. The van der Waals surface area contributed by atoms with Crippen LogP contribution in [0.2, 0.25) is 0 Å². The maximum absolute atomic E-state index is 11.6. The van der Waals surface area contributed by atoms with E-state index >= 15 is 0 Å². The van der Waals surface area contributed by atoms with Gasteiger partial charge in [0.1, 0.15) is 5.69 Å². The van der Waals surface area contributed by atoms with Crippen molar-refractivity contribution in [3.63, 3.8) is 0 Å². The molecule has 140 valence electrons. The summed E-state index contributed by atoms with van der Waals surface area (Å²) in [5, 5.41) is 13.6. The monoisotopic (exact) mass is 357 g/mol. The van der Waals surface area contributed by atoms with Gasteiger partial charge in [0, 0.05) is 25.4 Å². The van der Waals surface area contributed by atoms with E-state index in [1.54, 1.807) is 6.20 Å². The highest BCUT2D eigenvalue weighted by molar-refractivity contribution is 5.70. The van der Waals surface area contributed by atoms with Crippen molar-refractivity contribution in [2.24, 2.45) is 17.3 Å². The number of nitrogens with zero attached hydrogens (tertiary/aromatic N) is 3. The van der Waals surface area contributed by atoms with Gasteiger partial charge in [-0.3, -0.25) is 14.7 Å². The fraction of sp³-hybridized carbons (Fsp3) is 0.550. The van der Waals surface area contributed by atoms with Crippen molar-refractivity contribution in [1.82, 2.24) is 15.0 Å². The molecule has 0 unspecified atom stereocenters. The van der Waals surface area contributed by atoms with Crippen LogP contribution in [0.5, 0.6) is 0 Å². The van der Waals surface area contributed by atoms with Gasteiger partial charge in [0.15, 0.2) is 5.76 Å². The summed E-state index contributed by atoms with van der Waals surface area (Å²) in [5.74, 6) is 0.0140. The minimum atomic E-state index is -0.717. The van der Waals surface area contributed by atoms with E-state index < -0.39 is 5.97 Å². The molecule has 1 N–H and O–H groups in total. The zero-order valence-electron chi connectivity index (χ0n) is 15.9. The van der Waals surface area contributed by atoms with Crippen LogP contribution in [0.1, 0.15) is 38.5 Å². The number of carbonyl (C=O) groups is 1. The van der Waals surface area contributed by atoms with Gasteiger partial charge >= 0.3 is 5.97 Å². The van der Waals surface area contributed by atoms with Crippen LogP contribution >= 0.6 is 0 Å². The zero-order chi connectivity index (χ0) is 18.9. The number of rotatable bonds is 4. The zero-order valence-corrected chi connectivity index (χ0v) is 15.9. The third-order valence-corrected chi connectivity index (χ3v) is 5.22. The first-order valence-corrected chi connectivity index (χ1v) is 9.06. The largest absolute Gasteiger partial charge is 0.481 e. The molecule has 0 amide bonds. The molecular formula is C20H27N3O3. The molecule has 2 aromatic heterocycles. The lowest BCUT2D eigenvalue weighted by Crippen LogP contribution is -2.46. The molecule has 2 atom stereocenters. The van der Waals surface area contributed by atoms with Gasteiger partial charge in [-0.2, -0.15) is 0 Å². The molecule has 26 heavy (non-hydrogen) atoms. The molecule has 0 aromatic carbocycles. The molecule has 1 aliphatic rings. The second kappa shape index (κ2) is 7.19. The maximum atomic E-state index is 11.6. The number of aliphatic carboxylic acids is 1. The molecule has 2 aromatic rings. The van der Waals surface area contributed by atoms with Crippen LogP contribution in [0.4, 0.5) is 0 Å². The Morgan fingerprint density at radius 2 is 2.08 bits per heavy atom. The number of pyridine rings is 1. The second-order valence-electron chi connectivity index (χ2n) is 8.42.